The zero-order chi connectivity index (χ0) is 19.5. The number of halogens is 1. The third-order valence-electron chi connectivity index (χ3n) is 5.47. The predicted molar refractivity (Wildman–Crippen MR) is 102 cm³/mol. The van der Waals surface area contributed by atoms with Gasteiger partial charge >= 0.3 is 0 Å². The lowest BCUT2D eigenvalue weighted by molar-refractivity contribution is -0.141. The smallest absolute Gasteiger partial charge is 0.260 e. The molecule has 2 aromatic rings. The summed E-state index contributed by atoms with van der Waals surface area (Å²) < 4.78 is 18.9. The first-order valence-corrected chi connectivity index (χ1v) is 9.62. The zero-order valence-electron chi connectivity index (χ0n) is 15.6. The molecule has 1 aliphatic heterocycles. The molecule has 1 heterocycles. The second-order valence-electron chi connectivity index (χ2n) is 7.28. The van der Waals surface area contributed by atoms with Crippen LogP contribution in [0.15, 0.2) is 54.6 Å². The maximum Gasteiger partial charge on any atom is 0.260 e. The minimum atomic E-state index is -0.483. The number of nitrogens with zero attached hydrogens (tertiary/aromatic N) is 2. The molecule has 0 spiro atoms. The fraction of sp³-hybridized carbons (Fsp3) is 0.364. The third kappa shape index (κ3) is 4.01. The summed E-state index contributed by atoms with van der Waals surface area (Å²) in [6.45, 7) is 1.82. The summed E-state index contributed by atoms with van der Waals surface area (Å²) in [6, 6.07) is 16.2. The number of amides is 2. The molecule has 2 aliphatic rings. The standard InChI is InChI=1S/C22H23FN2O3/c23-19-8-4-5-9-20(19)28-15-21(26)24-10-12-25(13-11-24)22(27)18-14-17(18)16-6-2-1-3-7-16/h1-9,17-18H,10-15H2/t17-,18+/m0/s1. The molecule has 146 valence electrons. The van der Waals surface area contributed by atoms with E-state index >= 15 is 0 Å². The Morgan fingerprint density at radius 1 is 0.929 bits per heavy atom. The van der Waals surface area contributed by atoms with Crippen LogP contribution in [0.25, 0.3) is 0 Å². The van der Waals surface area contributed by atoms with Crippen LogP contribution in [0.2, 0.25) is 0 Å². The first kappa shape index (κ1) is 18.5. The molecular formula is C22H23FN2O3. The van der Waals surface area contributed by atoms with Crippen molar-refractivity contribution in [2.75, 3.05) is 32.8 Å². The number of hydrogen-bond acceptors (Lipinski definition) is 3. The van der Waals surface area contributed by atoms with Crippen LogP contribution in [0, 0.1) is 11.7 Å². The van der Waals surface area contributed by atoms with Crippen LogP contribution in [-0.2, 0) is 9.59 Å². The molecular weight excluding hydrogens is 359 g/mol. The van der Waals surface area contributed by atoms with Crippen molar-refractivity contribution >= 4 is 11.8 Å². The van der Waals surface area contributed by atoms with Gasteiger partial charge in [-0.2, -0.15) is 0 Å². The lowest BCUT2D eigenvalue weighted by Gasteiger charge is -2.35. The topological polar surface area (TPSA) is 49.9 Å². The lowest BCUT2D eigenvalue weighted by Crippen LogP contribution is -2.52. The van der Waals surface area contributed by atoms with Crippen LogP contribution in [-0.4, -0.2) is 54.4 Å². The van der Waals surface area contributed by atoms with Crippen LogP contribution in [0.1, 0.15) is 17.9 Å². The minimum Gasteiger partial charge on any atom is -0.481 e. The molecule has 0 unspecified atom stereocenters. The third-order valence-corrected chi connectivity index (χ3v) is 5.47. The fourth-order valence-corrected chi connectivity index (χ4v) is 3.74. The maximum atomic E-state index is 13.6. The van der Waals surface area contributed by atoms with Crippen molar-refractivity contribution in [2.45, 2.75) is 12.3 Å². The van der Waals surface area contributed by atoms with Crippen LogP contribution in [0.3, 0.4) is 0 Å². The van der Waals surface area contributed by atoms with Crippen molar-refractivity contribution in [2.24, 2.45) is 5.92 Å². The second-order valence-corrected chi connectivity index (χ2v) is 7.28. The van der Waals surface area contributed by atoms with Gasteiger partial charge in [-0.15, -0.1) is 0 Å². The van der Waals surface area contributed by atoms with E-state index in [1.54, 1.807) is 17.0 Å². The Morgan fingerprint density at radius 3 is 2.29 bits per heavy atom. The van der Waals surface area contributed by atoms with Gasteiger partial charge in [-0.3, -0.25) is 9.59 Å². The van der Waals surface area contributed by atoms with E-state index in [1.165, 1.54) is 17.7 Å². The number of ether oxygens (including phenoxy) is 1. The number of carbonyl (C=O) groups excluding carboxylic acids is 2. The molecule has 2 amide bonds. The Bertz CT molecular complexity index is 850. The highest BCUT2D eigenvalue weighted by Gasteiger charge is 2.46. The van der Waals surface area contributed by atoms with Gasteiger partial charge in [0.2, 0.25) is 5.91 Å². The fourth-order valence-electron chi connectivity index (χ4n) is 3.74. The number of benzene rings is 2. The van der Waals surface area contributed by atoms with Crippen LogP contribution >= 0.6 is 0 Å². The summed E-state index contributed by atoms with van der Waals surface area (Å²) in [7, 11) is 0. The summed E-state index contributed by atoms with van der Waals surface area (Å²) in [5, 5.41) is 0. The van der Waals surface area contributed by atoms with E-state index in [4.69, 9.17) is 4.74 Å². The monoisotopic (exact) mass is 382 g/mol. The van der Waals surface area contributed by atoms with E-state index in [0.717, 1.165) is 6.42 Å². The Kier molecular flexibility index (Phi) is 5.28. The number of rotatable bonds is 5. The van der Waals surface area contributed by atoms with E-state index in [-0.39, 0.29) is 30.1 Å². The molecule has 4 rings (SSSR count). The van der Waals surface area contributed by atoms with Gasteiger partial charge in [0, 0.05) is 32.1 Å². The first-order valence-electron chi connectivity index (χ1n) is 9.62. The Morgan fingerprint density at radius 2 is 1.57 bits per heavy atom. The highest BCUT2D eigenvalue weighted by Crippen LogP contribution is 2.48. The van der Waals surface area contributed by atoms with Crippen LogP contribution in [0.5, 0.6) is 5.75 Å². The maximum absolute atomic E-state index is 13.6. The molecule has 0 radical (unpaired) electrons. The second kappa shape index (κ2) is 8.00. The van der Waals surface area contributed by atoms with Crippen molar-refractivity contribution in [3.05, 3.63) is 66.0 Å². The van der Waals surface area contributed by atoms with Gasteiger partial charge in [0.05, 0.1) is 0 Å². The van der Waals surface area contributed by atoms with E-state index in [1.807, 2.05) is 23.1 Å². The van der Waals surface area contributed by atoms with E-state index in [0.29, 0.717) is 32.1 Å². The Labute approximate surface area is 163 Å². The van der Waals surface area contributed by atoms with Gasteiger partial charge < -0.3 is 14.5 Å². The Balaban J connectivity index is 1.24. The van der Waals surface area contributed by atoms with Crippen molar-refractivity contribution in [1.29, 1.82) is 0 Å². The number of para-hydroxylation sites is 1. The van der Waals surface area contributed by atoms with Gasteiger partial charge in [-0.25, -0.2) is 4.39 Å². The minimum absolute atomic E-state index is 0.0639. The van der Waals surface area contributed by atoms with Crippen molar-refractivity contribution in [1.82, 2.24) is 9.80 Å². The molecule has 0 bridgehead atoms. The molecule has 6 heteroatoms. The zero-order valence-corrected chi connectivity index (χ0v) is 15.6. The normalized spacial score (nSPS) is 21.3. The molecule has 1 aliphatic carbocycles. The van der Waals surface area contributed by atoms with Crippen molar-refractivity contribution in [3.63, 3.8) is 0 Å². The molecule has 28 heavy (non-hydrogen) atoms. The van der Waals surface area contributed by atoms with Gasteiger partial charge in [-0.1, -0.05) is 42.5 Å². The quantitative estimate of drug-likeness (QED) is 0.799. The molecule has 2 aromatic carbocycles. The van der Waals surface area contributed by atoms with Crippen molar-refractivity contribution < 1.29 is 18.7 Å². The molecule has 1 saturated carbocycles. The summed E-state index contributed by atoms with van der Waals surface area (Å²) in [6.07, 6.45) is 0.901. The summed E-state index contributed by atoms with van der Waals surface area (Å²) in [5.41, 5.74) is 1.22. The first-order chi connectivity index (χ1) is 13.6. The van der Waals surface area contributed by atoms with Gasteiger partial charge in [-0.05, 0) is 30.0 Å². The summed E-state index contributed by atoms with van der Waals surface area (Å²) >= 11 is 0. The Hall–Kier alpha value is -2.89. The van der Waals surface area contributed by atoms with E-state index < -0.39 is 5.82 Å². The van der Waals surface area contributed by atoms with Crippen molar-refractivity contribution in [3.8, 4) is 5.75 Å². The highest BCUT2D eigenvalue weighted by molar-refractivity contribution is 5.83. The average Bonchev–Trinajstić information content (AvgIpc) is 3.54. The number of piperazine rings is 1. The number of carbonyl (C=O) groups is 2. The molecule has 1 saturated heterocycles. The number of hydrogen-bond donors (Lipinski definition) is 0. The van der Waals surface area contributed by atoms with Gasteiger partial charge in [0.1, 0.15) is 0 Å². The van der Waals surface area contributed by atoms with E-state index in [2.05, 4.69) is 12.1 Å². The highest BCUT2D eigenvalue weighted by atomic mass is 19.1. The lowest BCUT2D eigenvalue weighted by atomic mass is 10.1. The van der Waals surface area contributed by atoms with Gasteiger partial charge in [0.25, 0.3) is 5.91 Å². The van der Waals surface area contributed by atoms with Crippen LogP contribution in [0.4, 0.5) is 4.39 Å². The predicted octanol–water partition coefficient (Wildman–Crippen LogP) is 2.68. The summed E-state index contributed by atoms with van der Waals surface area (Å²) in [4.78, 5) is 28.6. The van der Waals surface area contributed by atoms with Gasteiger partial charge in [0.15, 0.2) is 18.2 Å². The SMILES string of the molecule is O=C(COc1ccccc1F)N1CCN(C(=O)[C@@H]2C[C@H]2c2ccccc2)CC1. The molecule has 2 fully saturated rings. The van der Waals surface area contributed by atoms with E-state index in [9.17, 15) is 14.0 Å². The average molecular weight is 382 g/mol. The molecule has 5 nitrogen and oxygen atoms in total. The molecule has 0 aromatic heterocycles. The molecule has 0 N–H and O–H groups in total. The largest absolute Gasteiger partial charge is 0.481 e. The summed E-state index contributed by atoms with van der Waals surface area (Å²) in [5.74, 6) is -0.0301. The van der Waals surface area contributed by atoms with Crippen LogP contribution < -0.4 is 4.74 Å². The molecule has 2 atom stereocenters.